The topological polar surface area (TPSA) is 40.6 Å². The molecule has 1 atom stereocenters. The Morgan fingerprint density at radius 2 is 1.80 bits per heavy atom. The molecule has 0 bridgehead atoms. The first-order chi connectivity index (χ1) is 7.29. The van der Waals surface area contributed by atoms with E-state index in [1.807, 2.05) is 0 Å². The fourth-order valence-electron chi connectivity index (χ4n) is 2.79. The molecule has 0 aromatic heterocycles. The van der Waals surface area contributed by atoms with Crippen LogP contribution in [0, 0.1) is 0 Å². The molecule has 2 aliphatic heterocycles. The minimum absolute atomic E-state index is 0.0191. The molecule has 1 unspecified atom stereocenters. The molecule has 0 spiro atoms. The Hall–Kier alpha value is -1.06. The van der Waals surface area contributed by atoms with E-state index in [1.54, 1.807) is 9.80 Å². The van der Waals surface area contributed by atoms with Crippen molar-refractivity contribution in [3.8, 4) is 0 Å². The molecule has 15 heavy (non-hydrogen) atoms. The molecule has 3 amide bonds. The van der Waals surface area contributed by atoms with E-state index in [0.29, 0.717) is 0 Å². The van der Waals surface area contributed by atoms with Crippen LogP contribution in [0.25, 0.3) is 0 Å². The number of urea groups is 1. The molecule has 4 nitrogen and oxygen atoms in total. The number of rotatable bonds is 1. The highest BCUT2D eigenvalue weighted by molar-refractivity contribution is 6.04. The molecule has 0 aromatic rings. The second-order valence-corrected chi connectivity index (χ2v) is 4.78. The third kappa shape index (κ3) is 1.20. The molecule has 2 saturated heterocycles. The van der Waals surface area contributed by atoms with Gasteiger partial charge in [0.05, 0.1) is 0 Å². The molecule has 1 saturated carbocycles. The van der Waals surface area contributed by atoms with E-state index < -0.39 is 0 Å². The van der Waals surface area contributed by atoms with E-state index in [2.05, 4.69) is 0 Å². The smallest absolute Gasteiger partial charge is 0.312 e. The lowest BCUT2D eigenvalue weighted by molar-refractivity contribution is -0.131. The van der Waals surface area contributed by atoms with Crippen molar-refractivity contribution in [1.29, 1.82) is 0 Å². The normalized spacial score (nSPS) is 31.9. The van der Waals surface area contributed by atoms with E-state index >= 15 is 0 Å². The van der Waals surface area contributed by atoms with Crippen molar-refractivity contribution in [3.63, 3.8) is 0 Å². The third-order valence-electron chi connectivity index (χ3n) is 3.92. The Labute approximate surface area is 89.2 Å². The van der Waals surface area contributed by atoms with Gasteiger partial charge in [-0.05, 0) is 38.5 Å². The van der Waals surface area contributed by atoms with Crippen LogP contribution in [0.4, 0.5) is 4.79 Å². The van der Waals surface area contributed by atoms with Crippen LogP contribution in [-0.2, 0) is 4.79 Å². The van der Waals surface area contributed by atoms with Crippen molar-refractivity contribution >= 4 is 11.9 Å². The summed E-state index contributed by atoms with van der Waals surface area (Å²) in [6.07, 6.45) is 6.18. The summed E-state index contributed by atoms with van der Waals surface area (Å²) in [6, 6.07) is 0.0804. The number of imide groups is 1. The minimum Gasteiger partial charge on any atom is -0.312 e. The monoisotopic (exact) mass is 208 g/mol. The van der Waals surface area contributed by atoms with Crippen LogP contribution in [0.3, 0.4) is 0 Å². The summed E-state index contributed by atoms with van der Waals surface area (Å²) in [5, 5.41) is 0. The zero-order chi connectivity index (χ0) is 10.4. The van der Waals surface area contributed by atoms with Gasteiger partial charge in [-0.2, -0.15) is 0 Å². The summed E-state index contributed by atoms with van der Waals surface area (Å²) in [4.78, 5) is 27.4. The van der Waals surface area contributed by atoms with Gasteiger partial charge in [-0.15, -0.1) is 0 Å². The second kappa shape index (κ2) is 3.22. The fourth-order valence-corrected chi connectivity index (χ4v) is 2.79. The first-order valence-corrected chi connectivity index (χ1v) is 5.93. The number of carbonyl (C=O) groups is 2. The Kier molecular flexibility index (Phi) is 1.97. The van der Waals surface area contributed by atoms with Crippen LogP contribution >= 0.6 is 0 Å². The van der Waals surface area contributed by atoms with E-state index in [4.69, 9.17) is 0 Å². The first kappa shape index (κ1) is 9.19. The van der Waals surface area contributed by atoms with Gasteiger partial charge in [0.2, 0.25) is 0 Å². The predicted octanol–water partition coefficient (Wildman–Crippen LogP) is 1.36. The highest BCUT2D eigenvalue weighted by atomic mass is 16.2. The number of hydrogen-bond donors (Lipinski definition) is 0. The number of piperidine rings is 1. The maximum Gasteiger partial charge on any atom is 0.327 e. The number of nitrogens with zero attached hydrogens (tertiary/aromatic N) is 2. The lowest BCUT2D eigenvalue weighted by Gasteiger charge is -2.32. The summed E-state index contributed by atoms with van der Waals surface area (Å²) in [7, 11) is 0. The van der Waals surface area contributed by atoms with Crippen molar-refractivity contribution in [2.24, 2.45) is 0 Å². The van der Waals surface area contributed by atoms with Gasteiger partial charge in [0.25, 0.3) is 5.91 Å². The van der Waals surface area contributed by atoms with Crippen LogP contribution in [0.1, 0.15) is 38.5 Å². The quantitative estimate of drug-likeness (QED) is 0.610. The van der Waals surface area contributed by atoms with Gasteiger partial charge >= 0.3 is 6.03 Å². The summed E-state index contributed by atoms with van der Waals surface area (Å²) in [5.74, 6) is 0.0735. The molecule has 2 heterocycles. The summed E-state index contributed by atoms with van der Waals surface area (Å²) >= 11 is 0. The van der Waals surface area contributed by atoms with Crippen molar-refractivity contribution in [1.82, 2.24) is 9.80 Å². The average molecular weight is 208 g/mol. The standard InChI is InChI=1S/C11H16N2O2/c14-10-9-6-1-2-7-12(9)11(15)13(10)8-4-3-5-8/h8-9H,1-7H2. The van der Waals surface area contributed by atoms with Gasteiger partial charge in [0.1, 0.15) is 6.04 Å². The van der Waals surface area contributed by atoms with Gasteiger partial charge < -0.3 is 4.90 Å². The zero-order valence-corrected chi connectivity index (χ0v) is 8.82. The molecule has 3 fully saturated rings. The number of carbonyl (C=O) groups excluding carboxylic acids is 2. The van der Waals surface area contributed by atoms with Crippen LogP contribution in [0.2, 0.25) is 0 Å². The highest BCUT2D eigenvalue weighted by Crippen LogP contribution is 2.33. The average Bonchev–Trinajstić information content (AvgIpc) is 2.42. The number of fused-ring (bicyclic) bond motifs is 1. The van der Waals surface area contributed by atoms with E-state index in [1.165, 1.54) is 0 Å². The molecule has 0 aromatic carbocycles. The third-order valence-corrected chi connectivity index (χ3v) is 3.92. The Morgan fingerprint density at radius 1 is 1.00 bits per heavy atom. The van der Waals surface area contributed by atoms with Crippen LogP contribution in [0.15, 0.2) is 0 Å². The van der Waals surface area contributed by atoms with Crippen LogP contribution in [0.5, 0.6) is 0 Å². The largest absolute Gasteiger partial charge is 0.327 e. The molecule has 0 radical (unpaired) electrons. The van der Waals surface area contributed by atoms with Gasteiger partial charge in [-0.1, -0.05) is 0 Å². The van der Waals surface area contributed by atoms with E-state index in [-0.39, 0.29) is 24.0 Å². The molecule has 3 aliphatic rings. The maximum atomic E-state index is 12.0. The lowest BCUT2D eigenvalue weighted by Crippen LogP contribution is -2.44. The van der Waals surface area contributed by atoms with Crippen molar-refractivity contribution < 1.29 is 9.59 Å². The number of amides is 3. The fraction of sp³-hybridized carbons (Fsp3) is 0.818. The maximum absolute atomic E-state index is 12.0. The summed E-state index contributed by atoms with van der Waals surface area (Å²) < 4.78 is 0. The Bertz CT molecular complexity index is 288. The predicted molar refractivity (Wildman–Crippen MR) is 54.2 cm³/mol. The SMILES string of the molecule is O=C1C2CCCCN2C(=O)N1C1CCC1. The van der Waals surface area contributed by atoms with Crippen molar-refractivity contribution in [2.75, 3.05) is 6.54 Å². The lowest BCUT2D eigenvalue weighted by atomic mass is 9.91. The molecule has 1 aliphatic carbocycles. The van der Waals surface area contributed by atoms with Gasteiger partial charge in [0, 0.05) is 12.6 Å². The van der Waals surface area contributed by atoms with Crippen LogP contribution < -0.4 is 0 Å². The molecule has 3 rings (SSSR count). The van der Waals surface area contributed by atoms with Crippen molar-refractivity contribution in [2.45, 2.75) is 50.6 Å². The summed E-state index contributed by atoms with van der Waals surface area (Å²) in [5.41, 5.74) is 0. The van der Waals surface area contributed by atoms with Crippen molar-refractivity contribution in [3.05, 3.63) is 0 Å². The van der Waals surface area contributed by atoms with Crippen LogP contribution in [-0.4, -0.2) is 40.4 Å². The molecular formula is C11H16N2O2. The van der Waals surface area contributed by atoms with E-state index in [9.17, 15) is 9.59 Å². The van der Waals surface area contributed by atoms with E-state index in [0.717, 1.165) is 45.1 Å². The molecular weight excluding hydrogens is 192 g/mol. The van der Waals surface area contributed by atoms with Gasteiger partial charge in [-0.25, -0.2) is 4.79 Å². The highest BCUT2D eigenvalue weighted by Gasteiger charge is 2.49. The Morgan fingerprint density at radius 3 is 2.40 bits per heavy atom. The number of hydrogen-bond acceptors (Lipinski definition) is 2. The second-order valence-electron chi connectivity index (χ2n) is 4.78. The van der Waals surface area contributed by atoms with Gasteiger partial charge in [0.15, 0.2) is 0 Å². The molecule has 4 heteroatoms. The minimum atomic E-state index is -0.119. The zero-order valence-electron chi connectivity index (χ0n) is 8.82. The molecule has 0 N–H and O–H groups in total. The first-order valence-electron chi connectivity index (χ1n) is 5.93. The van der Waals surface area contributed by atoms with Gasteiger partial charge in [-0.3, -0.25) is 9.69 Å². The Balaban J connectivity index is 1.84. The molecule has 82 valence electrons. The summed E-state index contributed by atoms with van der Waals surface area (Å²) in [6.45, 7) is 0.776.